The number of hydrogen-bond acceptors (Lipinski definition) is 2. The molecule has 11 heavy (non-hydrogen) atoms. The van der Waals surface area contributed by atoms with E-state index in [2.05, 4.69) is 28.5 Å². The Morgan fingerprint density at radius 2 is 2.55 bits per heavy atom. The van der Waals surface area contributed by atoms with Crippen LogP contribution < -0.4 is 0 Å². The van der Waals surface area contributed by atoms with Crippen molar-refractivity contribution in [1.29, 1.82) is 0 Å². The molecule has 1 aromatic heterocycles. The van der Waals surface area contributed by atoms with E-state index in [4.69, 9.17) is 6.42 Å². The molecule has 0 saturated heterocycles. The maximum absolute atomic E-state index is 9.45. The quantitative estimate of drug-likeness (QED) is 0.650. The van der Waals surface area contributed by atoms with Gasteiger partial charge >= 0.3 is 0 Å². The molecule has 0 saturated carbocycles. The first kappa shape index (κ1) is 9.04. The number of terminal acetylenes is 1. The van der Waals surface area contributed by atoms with Gasteiger partial charge in [0, 0.05) is 14.9 Å². The molecule has 0 fully saturated rings. The molecule has 0 aromatic carbocycles. The van der Waals surface area contributed by atoms with Crippen molar-refractivity contribution in [2.75, 3.05) is 0 Å². The maximum atomic E-state index is 9.45. The molecule has 0 radical (unpaired) electrons. The van der Waals surface area contributed by atoms with Crippen LogP contribution in [-0.4, -0.2) is 5.11 Å². The third kappa shape index (κ3) is 2.19. The van der Waals surface area contributed by atoms with Crippen molar-refractivity contribution in [3.8, 4) is 12.3 Å². The van der Waals surface area contributed by atoms with Crippen molar-refractivity contribution < 1.29 is 5.11 Å². The molecule has 1 aromatic rings. The predicted molar refractivity (Wildman–Crippen MR) is 55.4 cm³/mol. The fraction of sp³-hybridized carbons (Fsp3) is 0.250. The van der Waals surface area contributed by atoms with Crippen molar-refractivity contribution in [2.45, 2.75) is 12.5 Å². The zero-order chi connectivity index (χ0) is 8.27. The number of rotatable bonds is 2. The van der Waals surface area contributed by atoms with E-state index in [1.807, 2.05) is 11.4 Å². The van der Waals surface area contributed by atoms with Crippen molar-refractivity contribution in [2.24, 2.45) is 0 Å². The highest BCUT2D eigenvalue weighted by molar-refractivity contribution is 14.1. The van der Waals surface area contributed by atoms with Crippen LogP contribution in [0.5, 0.6) is 0 Å². The van der Waals surface area contributed by atoms with Gasteiger partial charge in [-0.3, -0.25) is 0 Å². The topological polar surface area (TPSA) is 20.2 Å². The minimum atomic E-state index is -0.480. The molecule has 0 aliphatic carbocycles. The lowest BCUT2D eigenvalue weighted by molar-refractivity contribution is 0.187. The van der Waals surface area contributed by atoms with Crippen molar-refractivity contribution >= 4 is 33.9 Å². The van der Waals surface area contributed by atoms with E-state index in [1.54, 1.807) is 11.3 Å². The summed E-state index contributed by atoms with van der Waals surface area (Å²) in [5.41, 5.74) is 0. The Balaban J connectivity index is 2.77. The van der Waals surface area contributed by atoms with Gasteiger partial charge in [0.25, 0.3) is 0 Å². The Kier molecular flexibility index (Phi) is 3.37. The van der Waals surface area contributed by atoms with Gasteiger partial charge in [-0.1, -0.05) is 0 Å². The summed E-state index contributed by atoms with van der Waals surface area (Å²) in [6.07, 6.45) is 5.00. The summed E-state index contributed by atoms with van der Waals surface area (Å²) < 4.78 is 1.09. The van der Waals surface area contributed by atoms with E-state index in [9.17, 15) is 5.11 Å². The van der Waals surface area contributed by atoms with Crippen LogP contribution in [0.25, 0.3) is 0 Å². The minimum Gasteiger partial charge on any atom is -0.387 e. The SMILES string of the molecule is C#CCC(O)c1sccc1I. The molecule has 0 aliphatic heterocycles. The van der Waals surface area contributed by atoms with Crippen LogP contribution in [-0.2, 0) is 0 Å². The van der Waals surface area contributed by atoms with E-state index in [0.29, 0.717) is 6.42 Å². The molecule has 0 amide bonds. The molecule has 1 N–H and O–H groups in total. The predicted octanol–water partition coefficient (Wildman–Crippen LogP) is 2.41. The Bertz CT molecular complexity index is 274. The summed E-state index contributed by atoms with van der Waals surface area (Å²) in [6.45, 7) is 0. The summed E-state index contributed by atoms with van der Waals surface area (Å²) in [4.78, 5) is 0.976. The lowest BCUT2D eigenvalue weighted by atomic mass is 10.2. The second kappa shape index (κ2) is 4.10. The molecule has 1 heterocycles. The second-order valence-electron chi connectivity index (χ2n) is 2.06. The van der Waals surface area contributed by atoms with Gasteiger partial charge in [-0.2, -0.15) is 0 Å². The van der Waals surface area contributed by atoms with E-state index in [0.717, 1.165) is 8.45 Å². The highest BCUT2D eigenvalue weighted by Gasteiger charge is 2.10. The molecule has 1 nitrogen and oxygen atoms in total. The van der Waals surface area contributed by atoms with Crippen molar-refractivity contribution in [1.82, 2.24) is 0 Å². The van der Waals surface area contributed by atoms with Crippen LogP contribution in [0, 0.1) is 15.9 Å². The molecule has 3 heteroatoms. The normalized spacial score (nSPS) is 12.5. The van der Waals surface area contributed by atoms with Crippen LogP contribution in [0.2, 0.25) is 0 Å². The smallest absolute Gasteiger partial charge is 0.100 e. The Labute approximate surface area is 83.6 Å². The van der Waals surface area contributed by atoms with Gasteiger partial charge in [-0.25, -0.2) is 0 Å². The van der Waals surface area contributed by atoms with E-state index < -0.39 is 6.10 Å². The molecule has 0 aliphatic rings. The maximum Gasteiger partial charge on any atom is 0.100 e. The highest BCUT2D eigenvalue weighted by Crippen LogP contribution is 2.27. The lowest BCUT2D eigenvalue weighted by Crippen LogP contribution is -1.93. The molecule has 1 atom stereocenters. The number of halogens is 1. The van der Waals surface area contributed by atoms with Gasteiger partial charge in [0.2, 0.25) is 0 Å². The summed E-state index contributed by atoms with van der Waals surface area (Å²) in [7, 11) is 0. The Morgan fingerprint density at radius 1 is 1.82 bits per heavy atom. The monoisotopic (exact) mass is 278 g/mol. The third-order valence-corrected chi connectivity index (χ3v) is 3.58. The van der Waals surface area contributed by atoms with Crippen molar-refractivity contribution in [3.05, 3.63) is 19.9 Å². The lowest BCUT2D eigenvalue weighted by Gasteiger charge is -2.03. The molecule has 58 valence electrons. The van der Waals surface area contributed by atoms with Crippen LogP contribution in [0.4, 0.5) is 0 Å². The first-order valence-electron chi connectivity index (χ1n) is 3.10. The van der Waals surface area contributed by atoms with Crippen LogP contribution in [0.1, 0.15) is 17.4 Å². The summed E-state index contributed by atoms with van der Waals surface area (Å²) in [5, 5.41) is 11.4. The molecule has 0 bridgehead atoms. The zero-order valence-electron chi connectivity index (χ0n) is 5.75. The van der Waals surface area contributed by atoms with Gasteiger partial charge in [0.05, 0.1) is 0 Å². The average Bonchev–Trinajstić information content (AvgIpc) is 2.36. The molecule has 1 unspecified atom stereocenters. The number of hydrogen-bond donors (Lipinski definition) is 1. The first-order chi connectivity index (χ1) is 5.25. The minimum absolute atomic E-state index is 0.399. The van der Waals surface area contributed by atoms with Gasteiger partial charge in [0.15, 0.2) is 0 Å². The van der Waals surface area contributed by atoms with Crippen LogP contribution >= 0.6 is 33.9 Å². The third-order valence-electron chi connectivity index (χ3n) is 1.26. The van der Waals surface area contributed by atoms with Gasteiger partial charge in [-0.05, 0) is 34.0 Å². The van der Waals surface area contributed by atoms with Crippen LogP contribution in [0.15, 0.2) is 11.4 Å². The largest absolute Gasteiger partial charge is 0.387 e. The zero-order valence-corrected chi connectivity index (χ0v) is 8.72. The fourth-order valence-electron chi connectivity index (χ4n) is 0.748. The fourth-order valence-corrected chi connectivity index (χ4v) is 2.68. The van der Waals surface area contributed by atoms with Gasteiger partial charge < -0.3 is 5.11 Å². The average molecular weight is 278 g/mol. The summed E-state index contributed by atoms with van der Waals surface area (Å²) in [5.74, 6) is 2.44. The molecule has 0 spiro atoms. The molecular formula is C8H7IOS. The van der Waals surface area contributed by atoms with Crippen LogP contribution in [0.3, 0.4) is 0 Å². The van der Waals surface area contributed by atoms with E-state index in [-0.39, 0.29) is 0 Å². The Hall–Kier alpha value is -0.0500. The summed E-state index contributed by atoms with van der Waals surface area (Å²) >= 11 is 3.74. The highest BCUT2D eigenvalue weighted by atomic mass is 127. The first-order valence-corrected chi connectivity index (χ1v) is 5.06. The summed E-state index contributed by atoms with van der Waals surface area (Å²) in [6, 6.07) is 1.97. The van der Waals surface area contributed by atoms with Gasteiger partial charge in [-0.15, -0.1) is 23.7 Å². The molecular weight excluding hydrogens is 271 g/mol. The van der Waals surface area contributed by atoms with Crippen molar-refractivity contribution in [3.63, 3.8) is 0 Å². The number of thiophene rings is 1. The number of aliphatic hydroxyl groups is 1. The van der Waals surface area contributed by atoms with E-state index >= 15 is 0 Å². The Morgan fingerprint density at radius 3 is 3.00 bits per heavy atom. The standard InChI is InChI=1S/C8H7IOS/c1-2-3-7(10)8-6(9)4-5-11-8/h1,4-5,7,10H,3H2. The van der Waals surface area contributed by atoms with Gasteiger partial charge in [0.1, 0.15) is 6.10 Å². The molecule has 1 rings (SSSR count). The number of aliphatic hydroxyl groups excluding tert-OH is 1. The second-order valence-corrected chi connectivity index (χ2v) is 4.17. The van der Waals surface area contributed by atoms with E-state index in [1.165, 1.54) is 0 Å².